The minimum Gasteiger partial charge on any atom is -0.390 e. The molecule has 0 saturated heterocycles. The highest BCUT2D eigenvalue weighted by atomic mass is 127. The molecule has 0 fully saturated rings. The molecule has 6 nitrogen and oxygen atoms in total. The predicted molar refractivity (Wildman–Crippen MR) is 96.1 cm³/mol. The van der Waals surface area contributed by atoms with Gasteiger partial charge in [-0.1, -0.05) is 41.7 Å². The van der Waals surface area contributed by atoms with Crippen LogP contribution in [0.15, 0.2) is 11.0 Å². The number of alkyl halides is 1. The summed E-state index contributed by atoms with van der Waals surface area (Å²) < 4.78 is 7.32. The molecule has 3 N–H and O–H groups in total. The number of aliphatic hydroxyl groups is 2. The smallest absolute Gasteiger partial charge is 0.326 e. The third-order valence-electron chi connectivity index (χ3n) is 3.62. The summed E-state index contributed by atoms with van der Waals surface area (Å²) in [5, 5.41) is 20.6. The number of halogens is 1. The van der Waals surface area contributed by atoms with E-state index >= 15 is 0 Å². The van der Waals surface area contributed by atoms with E-state index in [0.29, 0.717) is 15.9 Å². The fourth-order valence-electron chi connectivity index (χ4n) is 2.15. The van der Waals surface area contributed by atoms with E-state index in [1.165, 1.54) is 11.7 Å². The summed E-state index contributed by atoms with van der Waals surface area (Å²) in [6, 6.07) is 0. The summed E-state index contributed by atoms with van der Waals surface area (Å²) in [5.74, 6) is 0. The largest absolute Gasteiger partial charge is 0.390 e. The van der Waals surface area contributed by atoms with Crippen molar-refractivity contribution in [2.24, 2.45) is 7.05 Å². The normalized spacial score (nSPS) is 17.0. The number of nitrogens with zero attached hydrogens (tertiary/aromatic N) is 1. The number of aryl methyl sites for hydroxylation is 1. The molecule has 22 heavy (non-hydrogen) atoms. The molecule has 8 heteroatoms. The van der Waals surface area contributed by atoms with Crippen molar-refractivity contribution in [3.8, 4) is 0 Å². The second kappa shape index (κ2) is 9.11. The maximum absolute atomic E-state index is 11.4. The number of hydrogen-bond donors (Lipinski definition) is 3. The van der Waals surface area contributed by atoms with Crippen LogP contribution in [0.1, 0.15) is 25.3 Å². The van der Waals surface area contributed by atoms with E-state index in [1.54, 1.807) is 13.2 Å². The first-order chi connectivity index (χ1) is 10.3. The van der Waals surface area contributed by atoms with Crippen molar-refractivity contribution < 1.29 is 14.9 Å². The lowest BCUT2D eigenvalue weighted by atomic mass is 9.98. The van der Waals surface area contributed by atoms with E-state index in [4.69, 9.17) is 17.0 Å². The third kappa shape index (κ3) is 5.41. The zero-order chi connectivity index (χ0) is 16.9. The van der Waals surface area contributed by atoms with Gasteiger partial charge in [0, 0.05) is 36.3 Å². The van der Waals surface area contributed by atoms with Gasteiger partial charge in [0.15, 0.2) is 0 Å². The van der Waals surface area contributed by atoms with E-state index in [1.807, 2.05) is 0 Å². The molecular weight excluding hydrogens is 419 g/mol. The van der Waals surface area contributed by atoms with Crippen molar-refractivity contribution in [3.05, 3.63) is 26.9 Å². The first-order valence-corrected chi connectivity index (χ1v) is 8.77. The average Bonchev–Trinajstić information content (AvgIpc) is 2.49. The van der Waals surface area contributed by atoms with Gasteiger partial charge in [0.05, 0.1) is 12.2 Å². The number of nitrogens with one attached hydrogen (secondary N) is 1. The van der Waals surface area contributed by atoms with Gasteiger partial charge in [-0.2, -0.15) is 0 Å². The Hall–Kier alpha value is -0.290. The van der Waals surface area contributed by atoms with Gasteiger partial charge in [-0.25, -0.2) is 4.79 Å². The second-order valence-corrected chi connectivity index (χ2v) is 7.47. The Kier molecular flexibility index (Phi) is 8.19. The molecule has 0 aliphatic carbocycles. The second-order valence-electron chi connectivity index (χ2n) is 5.30. The Labute approximate surface area is 148 Å². The van der Waals surface area contributed by atoms with Gasteiger partial charge in [-0.05, 0) is 12.8 Å². The van der Waals surface area contributed by atoms with Gasteiger partial charge in [0.2, 0.25) is 0 Å². The van der Waals surface area contributed by atoms with E-state index in [-0.39, 0.29) is 16.8 Å². The van der Waals surface area contributed by atoms with Crippen LogP contribution in [-0.2, 0) is 18.2 Å². The van der Waals surface area contributed by atoms with Crippen molar-refractivity contribution in [2.45, 2.75) is 48.4 Å². The number of rotatable bonds is 8. The summed E-state index contributed by atoms with van der Waals surface area (Å²) in [6.07, 6.45) is 0.885. The van der Waals surface area contributed by atoms with Crippen molar-refractivity contribution >= 4 is 34.8 Å². The van der Waals surface area contributed by atoms with E-state index in [0.717, 1.165) is 6.42 Å². The number of H-pyrrole nitrogens is 1. The Morgan fingerprint density at radius 2 is 2.14 bits per heavy atom. The monoisotopic (exact) mass is 442 g/mol. The molecule has 126 valence electrons. The number of hydrogen-bond acceptors (Lipinski definition) is 5. The average molecular weight is 442 g/mol. The Bertz CT molecular complexity index is 589. The first kappa shape index (κ1) is 19.8. The van der Waals surface area contributed by atoms with Crippen molar-refractivity contribution in [1.82, 2.24) is 9.55 Å². The topological polar surface area (TPSA) is 87.5 Å². The van der Waals surface area contributed by atoms with Crippen LogP contribution in [0.4, 0.5) is 0 Å². The van der Waals surface area contributed by atoms with Crippen molar-refractivity contribution in [3.63, 3.8) is 0 Å². The molecule has 0 aliphatic heterocycles. The summed E-state index contributed by atoms with van der Waals surface area (Å²) >= 11 is 7.40. The third-order valence-corrected chi connectivity index (χ3v) is 5.37. The highest BCUT2D eigenvalue weighted by molar-refractivity contribution is 14.1. The van der Waals surface area contributed by atoms with Crippen molar-refractivity contribution in [1.29, 1.82) is 0 Å². The summed E-state index contributed by atoms with van der Waals surface area (Å²) in [4.78, 5) is 14.0. The van der Waals surface area contributed by atoms with E-state index in [9.17, 15) is 15.0 Å². The Morgan fingerprint density at radius 3 is 2.68 bits per heavy atom. The van der Waals surface area contributed by atoms with Crippen LogP contribution in [-0.4, -0.2) is 49.1 Å². The number of methoxy groups -OCH3 is 1. The molecule has 1 rings (SSSR count). The summed E-state index contributed by atoms with van der Waals surface area (Å²) in [5.41, 5.74) is 0.300. The van der Waals surface area contributed by atoms with E-state index < -0.39 is 18.3 Å². The quantitative estimate of drug-likeness (QED) is 0.321. The molecule has 0 saturated carbocycles. The molecule has 2 unspecified atom stereocenters. The zero-order valence-corrected chi connectivity index (χ0v) is 15.9. The fraction of sp³-hybridized carbons (Fsp3) is 0.714. The molecule has 0 amide bonds. The van der Waals surface area contributed by atoms with Gasteiger partial charge in [0.1, 0.15) is 10.7 Å². The molecule has 1 aromatic heterocycles. The Morgan fingerprint density at radius 1 is 1.50 bits per heavy atom. The first-order valence-electron chi connectivity index (χ1n) is 7.11. The molecule has 1 heterocycles. The van der Waals surface area contributed by atoms with Gasteiger partial charge in [0.25, 0.3) is 0 Å². The summed E-state index contributed by atoms with van der Waals surface area (Å²) in [7, 11) is 3.12. The Balaban J connectivity index is 2.82. The van der Waals surface area contributed by atoms with E-state index in [2.05, 4.69) is 34.5 Å². The van der Waals surface area contributed by atoms with Crippen LogP contribution in [0.5, 0.6) is 0 Å². The van der Waals surface area contributed by atoms with Gasteiger partial charge in [-0.3, -0.25) is 4.98 Å². The van der Waals surface area contributed by atoms with Crippen LogP contribution in [0.2, 0.25) is 0 Å². The maximum atomic E-state index is 11.4. The molecule has 4 atom stereocenters. The van der Waals surface area contributed by atoms with Crippen LogP contribution in [0.3, 0.4) is 0 Å². The molecule has 0 aliphatic rings. The van der Waals surface area contributed by atoms with Crippen molar-refractivity contribution in [2.75, 3.05) is 7.11 Å². The predicted octanol–water partition coefficient (Wildman–Crippen LogP) is 1.33. The molecule has 0 aromatic carbocycles. The van der Waals surface area contributed by atoms with Crippen LogP contribution >= 0.6 is 34.8 Å². The van der Waals surface area contributed by atoms with Crippen LogP contribution < -0.4 is 5.69 Å². The SMILES string of the molecule is CCC(I)CC(OC)[C@@H](O)[C@@H](O)Cc1cn(C)c(=O)[nH]c1=S. The van der Waals surface area contributed by atoms with Gasteiger partial charge in [-0.15, -0.1) is 0 Å². The lowest BCUT2D eigenvalue weighted by Gasteiger charge is -2.27. The summed E-state index contributed by atoms with van der Waals surface area (Å²) in [6.45, 7) is 2.07. The van der Waals surface area contributed by atoms with Crippen LogP contribution in [0, 0.1) is 4.64 Å². The lowest BCUT2D eigenvalue weighted by Crippen LogP contribution is -2.41. The fourth-order valence-corrected chi connectivity index (χ4v) is 2.87. The highest BCUT2D eigenvalue weighted by Crippen LogP contribution is 2.19. The van der Waals surface area contributed by atoms with Gasteiger partial charge < -0.3 is 19.5 Å². The molecule has 0 spiro atoms. The standard InChI is InChI=1S/C14H23IN2O4S/c1-4-9(15)6-11(21-3)12(19)10(18)5-8-7-17(2)14(20)16-13(8)22/h7,9-12,18-19H,4-6H2,1-3H3,(H,16,20,22)/t9?,10-,11?,12-/m0/s1. The minimum absolute atomic E-state index is 0.155. The number of aromatic amines is 1. The molecule has 0 bridgehead atoms. The van der Waals surface area contributed by atoms with Gasteiger partial charge >= 0.3 is 5.69 Å². The lowest BCUT2D eigenvalue weighted by molar-refractivity contribution is -0.0771. The minimum atomic E-state index is -1.02. The number of aromatic nitrogens is 2. The highest BCUT2D eigenvalue weighted by Gasteiger charge is 2.28. The van der Waals surface area contributed by atoms with Crippen LogP contribution in [0.25, 0.3) is 0 Å². The number of ether oxygens (including phenoxy) is 1. The molecule has 1 aromatic rings. The maximum Gasteiger partial charge on any atom is 0.326 e. The molecule has 0 radical (unpaired) electrons. The number of aliphatic hydroxyl groups excluding tert-OH is 2. The molecular formula is C14H23IN2O4S. The zero-order valence-electron chi connectivity index (χ0n) is 13.0.